The summed E-state index contributed by atoms with van der Waals surface area (Å²) in [6, 6.07) is 9.34. The second kappa shape index (κ2) is 13.9. The quantitative estimate of drug-likeness (QED) is 0.256. The maximum atomic E-state index is 13.5. The standard InChI is InChI=1S/C31H36N6O7/c1-42-26-22(28(38)34-16-24(29(39)40)35-31(41)44-17-18-7-4-3-5-8-18)15-19-11-12-23(36-37-30-32-13-14-33-30)20-9-6-10-21(20)25(19)27(26)43-2/h3-5,7-8,15,24H,6,9-14,16-17H2,1-2H3,(H,34,38)(H,35,41)(H,39,40)(H2,32,33,37). The molecule has 0 saturated heterocycles. The highest BCUT2D eigenvalue weighted by molar-refractivity contribution is 6.10. The summed E-state index contributed by atoms with van der Waals surface area (Å²) in [6.07, 6.45) is 2.99. The molecule has 5 N–H and O–H groups in total. The van der Waals surface area contributed by atoms with Gasteiger partial charge in [0.2, 0.25) is 5.96 Å². The lowest BCUT2D eigenvalue weighted by atomic mass is 9.93. The number of hydrogen-bond donors (Lipinski definition) is 5. The Balaban J connectivity index is 1.34. The van der Waals surface area contributed by atoms with Crippen molar-refractivity contribution in [2.75, 3.05) is 33.9 Å². The monoisotopic (exact) mass is 604 g/mol. The number of amides is 2. The second-order valence-electron chi connectivity index (χ2n) is 10.5. The normalized spacial score (nSPS) is 17.0. The zero-order valence-corrected chi connectivity index (χ0v) is 24.7. The van der Waals surface area contributed by atoms with Gasteiger partial charge in [0.05, 0.1) is 32.0 Å². The van der Waals surface area contributed by atoms with Crippen molar-refractivity contribution in [3.05, 3.63) is 64.2 Å². The Morgan fingerprint density at radius 3 is 2.52 bits per heavy atom. The van der Waals surface area contributed by atoms with E-state index < -0.39 is 24.0 Å². The number of fused-ring (bicyclic) bond motifs is 2. The lowest BCUT2D eigenvalue weighted by Crippen LogP contribution is -2.48. The van der Waals surface area contributed by atoms with E-state index in [-0.39, 0.29) is 24.5 Å². The van der Waals surface area contributed by atoms with Gasteiger partial charge in [-0.15, -0.1) is 0 Å². The van der Waals surface area contributed by atoms with Gasteiger partial charge in [-0.3, -0.25) is 4.79 Å². The largest absolute Gasteiger partial charge is 0.492 e. The minimum Gasteiger partial charge on any atom is -0.492 e. The number of carboxylic acids is 1. The van der Waals surface area contributed by atoms with Crippen LogP contribution in [-0.2, 0) is 22.6 Å². The molecule has 1 unspecified atom stereocenters. The molecule has 1 atom stereocenters. The third kappa shape index (κ3) is 6.77. The van der Waals surface area contributed by atoms with Crippen molar-refractivity contribution >= 4 is 35.2 Å². The van der Waals surface area contributed by atoms with E-state index in [0.29, 0.717) is 31.1 Å². The Hall–Kier alpha value is -5.07. The first kappa shape index (κ1) is 30.4. The van der Waals surface area contributed by atoms with Crippen molar-refractivity contribution < 1.29 is 33.7 Å². The van der Waals surface area contributed by atoms with Gasteiger partial charge in [-0.1, -0.05) is 30.3 Å². The Labute approximate surface area is 254 Å². The molecule has 2 aromatic rings. The number of alkyl carbamates (subject to hydrolysis) is 1. The van der Waals surface area contributed by atoms with Crippen molar-refractivity contribution in [1.82, 2.24) is 21.4 Å². The van der Waals surface area contributed by atoms with E-state index in [1.807, 2.05) is 6.07 Å². The molecular formula is C31H36N6O7. The SMILES string of the molecule is COc1c(C(=O)NCC(NC(=O)OCc2ccccc2)C(=O)O)cc2c(c1OC)C1=C(CCC1)C(=NNC1=NCCN1)CC2. The molecule has 0 spiro atoms. The van der Waals surface area contributed by atoms with E-state index in [4.69, 9.17) is 14.2 Å². The van der Waals surface area contributed by atoms with E-state index in [1.54, 1.807) is 30.3 Å². The van der Waals surface area contributed by atoms with Crippen LogP contribution in [0.2, 0.25) is 0 Å². The van der Waals surface area contributed by atoms with Crippen LogP contribution in [-0.4, -0.2) is 74.6 Å². The first-order valence-electron chi connectivity index (χ1n) is 14.5. The molecule has 1 heterocycles. The molecule has 13 nitrogen and oxygen atoms in total. The summed E-state index contributed by atoms with van der Waals surface area (Å²) in [5.74, 6) is -0.561. The molecule has 2 aromatic carbocycles. The van der Waals surface area contributed by atoms with E-state index in [0.717, 1.165) is 59.4 Å². The first-order chi connectivity index (χ1) is 21.4. The highest BCUT2D eigenvalue weighted by Gasteiger charge is 2.32. The molecule has 1 aliphatic heterocycles. The lowest BCUT2D eigenvalue weighted by Gasteiger charge is -2.21. The Kier molecular flexibility index (Phi) is 9.62. The van der Waals surface area contributed by atoms with Crippen LogP contribution in [0.25, 0.3) is 5.57 Å². The van der Waals surface area contributed by atoms with Crippen molar-refractivity contribution in [1.29, 1.82) is 0 Å². The fraction of sp³-hybridized carbons (Fsp3) is 0.387. The van der Waals surface area contributed by atoms with Gasteiger partial charge in [-0.25, -0.2) is 20.0 Å². The molecule has 0 radical (unpaired) electrons. The van der Waals surface area contributed by atoms with Gasteiger partial charge in [-0.2, -0.15) is 5.10 Å². The molecule has 2 aliphatic carbocycles. The number of rotatable bonds is 10. The lowest BCUT2D eigenvalue weighted by molar-refractivity contribution is -0.139. The number of carbonyl (C=O) groups is 3. The molecular weight excluding hydrogens is 568 g/mol. The molecule has 2 amide bonds. The molecule has 0 fully saturated rings. The van der Waals surface area contributed by atoms with Crippen molar-refractivity contribution in [3.8, 4) is 11.5 Å². The third-order valence-corrected chi connectivity index (χ3v) is 7.71. The predicted octanol–water partition coefficient (Wildman–Crippen LogP) is 2.60. The summed E-state index contributed by atoms with van der Waals surface area (Å²) >= 11 is 0. The zero-order valence-electron chi connectivity index (χ0n) is 24.7. The number of carboxylic acid groups (broad SMARTS) is 1. The summed E-state index contributed by atoms with van der Waals surface area (Å²) < 4.78 is 16.7. The fourth-order valence-electron chi connectivity index (χ4n) is 5.64. The van der Waals surface area contributed by atoms with Crippen LogP contribution in [0.1, 0.15) is 52.7 Å². The van der Waals surface area contributed by atoms with Crippen LogP contribution in [0, 0.1) is 0 Å². The number of nitrogens with zero attached hydrogens (tertiary/aromatic N) is 2. The average Bonchev–Trinajstić information content (AvgIpc) is 3.72. The number of aryl methyl sites for hydroxylation is 1. The van der Waals surface area contributed by atoms with E-state index >= 15 is 0 Å². The van der Waals surface area contributed by atoms with Gasteiger partial charge in [0.1, 0.15) is 12.6 Å². The fourth-order valence-corrected chi connectivity index (χ4v) is 5.64. The molecule has 44 heavy (non-hydrogen) atoms. The van der Waals surface area contributed by atoms with Crippen LogP contribution >= 0.6 is 0 Å². The predicted molar refractivity (Wildman–Crippen MR) is 163 cm³/mol. The summed E-state index contributed by atoms with van der Waals surface area (Å²) in [4.78, 5) is 42.0. The van der Waals surface area contributed by atoms with E-state index in [2.05, 4.69) is 31.5 Å². The van der Waals surface area contributed by atoms with Gasteiger partial charge >= 0.3 is 12.1 Å². The second-order valence-corrected chi connectivity index (χ2v) is 10.5. The molecule has 0 saturated carbocycles. The number of allylic oxidation sites excluding steroid dienone is 2. The third-order valence-electron chi connectivity index (χ3n) is 7.71. The summed E-state index contributed by atoms with van der Waals surface area (Å²) in [7, 11) is 2.99. The van der Waals surface area contributed by atoms with E-state index in [9.17, 15) is 19.5 Å². The van der Waals surface area contributed by atoms with Crippen molar-refractivity contribution in [2.45, 2.75) is 44.8 Å². The van der Waals surface area contributed by atoms with Crippen LogP contribution in [0.15, 0.2) is 52.1 Å². The van der Waals surface area contributed by atoms with Crippen molar-refractivity contribution in [2.24, 2.45) is 10.1 Å². The molecule has 232 valence electrons. The average molecular weight is 605 g/mol. The minimum atomic E-state index is -1.42. The van der Waals surface area contributed by atoms with Gasteiger partial charge in [0, 0.05) is 18.7 Å². The number of carbonyl (C=O) groups excluding carboxylic acids is 2. The number of hydrogen-bond acceptors (Lipinski definition) is 10. The van der Waals surface area contributed by atoms with Crippen LogP contribution in [0.3, 0.4) is 0 Å². The van der Waals surface area contributed by atoms with Gasteiger partial charge in [0.25, 0.3) is 5.91 Å². The van der Waals surface area contributed by atoms with E-state index in [1.165, 1.54) is 14.2 Å². The van der Waals surface area contributed by atoms with Gasteiger partial charge in [-0.05, 0) is 60.4 Å². The van der Waals surface area contributed by atoms with Gasteiger partial charge < -0.3 is 35.3 Å². The topological polar surface area (TPSA) is 172 Å². The maximum absolute atomic E-state index is 13.5. The number of guanidine groups is 1. The minimum absolute atomic E-state index is 0.0240. The Morgan fingerprint density at radius 2 is 1.82 bits per heavy atom. The number of methoxy groups -OCH3 is 2. The number of nitrogens with one attached hydrogen (secondary N) is 4. The summed E-state index contributed by atoms with van der Waals surface area (Å²) in [5, 5.41) is 22.5. The molecule has 0 aromatic heterocycles. The number of aliphatic carboxylic acids is 1. The number of hydrazone groups is 1. The molecule has 13 heteroatoms. The molecule has 3 aliphatic rings. The zero-order chi connectivity index (χ0) is 31.1. The number of aliphatic imine (C=N–C) groups is 1. The number of benzene rings is 2. The first-order valence-corrected chi connectivity index (χ1v) is 14.5. The summed E-state index contributed by atoms with van der Waals surface area (Å²) in [5.41, 5.74) is 9.01. The van der Waals surface area contributed by atoms with Crippen molar-refractivity contribution in [3.63, 3.8) is 0 Å². The van der Waals surface area contributed by atoms with Crippen LogP contribution in [0.5, 0.6) is 11.5 Å². The van der Waals surface area contributed by atoms with Gasteiger partial charge in [0.15, 0.2) is 11.5 Å². The van der Waals surface area contributed by atoms with Crippen LogP contribution in [0.4, 0.5) is 4.79 Å². The molecule has 5 rings (SSSR count). The highest BCUT2D eigenvalue weighted by Crippen LogP contribution is 2.48. The molecule has 0 bridgehead atoms. The summed E-state index contributed by atoms with van der Waals surface area (Å²) in [6.45, 7) is 1.07. The Bertz CT molecular complexity index is 1520. The Morgan fingerprint density at radius 1 is 1.05 bits per heavy atom. The number of ether oxygens (including phenoxy) is 3. The smallest absolute Gasteiger partial charge is 0.408 e. The maximum Gasteiger partial charge on any atom is 0.408 e. The highest BCUT2D eigenvalue weighted by atomic mass is 16.5. The van der Waals surface area contributed by atoms with Crippen LogP contribution < -0.4 is 30.8 Å².